The third-order valence-electron chi connectivity index (χ3n) is 8.90. The molecule has 5 aliphatic rings. The molecule has 4 saturated carbocycles. The largest absolute Gasteiger partial charge is 0.459 e. The van der Waals surface area contributed by atoms with Crippen LogP contribution in [0.1, 0.15) is 58.4 Å². The monoisotopic (exact) mass is 508 g/mol. The summed E-state index contributed by atoms with van der Waals surface area (Å²) in [7, 11) is 0. The molecule has 1 N–H and O–H groups in total. The predicted molar refractivity (Wildman–Crippen MR) is 127 cm³/mol. The highest BCUT2D eigenvalue weighted by atomic mass is 19.4. The molecule has 4 aliphatic carbocycles. The quantitative estimate of drug-likeness (QED) is 0.613. The summed E-state index contributed by atoms with van der Waals surface area (Å²) in [6, 6.07) is 2.57. The number of esters is 1. The van der Waals surface area contributed by atoms with Gasteiger partial charge in [0.25, 0.3) is 0 Å². The summed E-state index contributed by atoms with van der Waals surface area (Å²) in [5, 5.41) is 3.38. The number of pyridine rings is 1. The highest BCUT2D eigenvalue weighted by molar-refractivity contribution is 5.85. The molecule has 1 aromatic heterocycles. The lowest BCUT2D eigenvalue weighted by atomic mass is 9.52. The summed E-state index contributed by atoms with van der Waals surface area (Å²) in [4.78, 5) is 33.3. The number of ether oxygens (including phenoxy) is 1. The van der Waals surface area contributed by atoms with E-state index in [9.17, 15) is 22.8 Å². The normalized spacial score (nSPS) is 32.4. The predicted octanol–water partition coefficient (Wildman–Crippen LogP) is 3.63. The van der Waals surface area contributed by atoms with Crippen molar-refractivity contribution in [3.05, 3.63) is 23.9 Å². The highest BCUT2D eigenvalue weighted by Gasteiger charge is 2.58. The van der Waals surface area contributed by atoms with E-state index in [0.29, 0.717) is 49.8 Å². The molecule has 4 bridgehead atoms. The van der Waals surface area contributed by atoms with Gasteiger partial charge in [0, 0.05) is 45.3 Å². The maximum atomic E-state index is 13.5. The number of piperazine rings is 1. The Kier molecular flexibility index (Phi) is 6.24. The van der Waals surface area contributed by atoms with Crippen LogP contribution in [0.4, 0.5) is 19.0 Å². The van der Waals surface area contributed by atoms with Crippen molar-refractivity contribution in [3.63, 3.8) is 0 Å². The van der Waals surface area contributed by atoms with Crippen LogP contribution in [0.25, 0.3) is 0 Å². The zero-order valence-corrected chi connectivity index (χ0v) is 21.1. The van der Waals surface area contributed by atoms with E-state index < -0.39 is 17.3 Å². The Labute approximate surface area is 209 Å². The van der Waals surface area contributed by atoms with Gasteiger partial charge < -0.3 is 15.0 Å². The highest BCUT2D eigenvalue weighted by Crippen LogP contribution is 2.57. The van der Waals surface area contributed by atoms with E-state index in [1.807, 2.05) is 18.7 Å². The van der Waals surface area contributed by atoms with Crippen molar-refractivity contribution in [2.24, 2.45) is 17.8 Å². The number of nitrogens with one attached hydrogen (secondary N) is 1. The number of aromatic nitrogens is 1. The summed E-state index contributed by atoms with van der Waals surface area (Å²) >= 11 is 0. The number of anilines is 1. The maximum absolute atomic E-state index is 13.5. The average Bonchev–Trinajstić information content (AvgIpc) is 2.79. The van der Waals surface area contributed by atoms with Crippen LogP contribution in [0.2, 0.25) is 0 Å². The van der Waals surface area contributed by atoms with E-state index in [-0.39, 0.29) is 23.5 Å². The van der Waals surface area contributed by atoms with Gasteiger partial charge in [0.15, 0.2) is 0 Å². The van der Waals surface area contributed by atoms with E-state index in [0.717, 1.165) is 44.4 Å². The zero-order valence-electron chi connectivity index (χ0n) is 21.1. The lowest BCUT2D eigenvalue weighted by Crippen LogP contribution is -2.66. The maximum Gasteiger partial charge on any atom is 0.417 e. The molecule has 0 spiro atoms. The van der Waals surface area contributed by atoms with E-state index >= 15 is 0 Å². The van der Waals surface area contributed by atoms with Crippen molar-refractivity contribution in [2.45, 2.75) is 76.2 Å². The number of carbonyl (C=O) groups excluding carboxylic acids is 2. The summed E-state index contributed by atoms with van der Waals surface area (Å²) < 4.78 is 44.3. The van der Waals surface area contributed by atoms with E-state index in [4.69, 9.17) is 4.74 Å². The number of hydrogen-bond donors (Lipinski definition) is 1. The van der Waals surface area contributed by atoms with Crippen molar-refractivity contribution in [1.82, 2.24) is 15.2 Å². The summed E-state index contributed by atoms with van der Waals surface area (Å²) in [6.07, 6.45) is 1.21. The van der Waals surface area contributed by atoms with E-state index in [2.05, 4.69) is 15.2 Å². The molecule has 198 valence electrons. The number of alkyl halides is 3. The number of nitrogens with zero attached hydrogens (tertiary/aromatic N) is 3. The first-order chi connectivity index (χ1) is 16.9. The molecular weight excluding hydrogens is 473 g/mol. The second-order valence-electron chi connectivity index (χ2n) is 11.7. The molecule has 1 amide bonds. The Morgan fingerprint density at radius 3 is 2.22 bits per heavy atom. The molecule has 1 saturated heterocycles. The van der Waals surface area contributed by atoms with Crippen molar-refractivity contribution in [3.8, 4) is 0 Å². The van der Waals surface area contributed by atoms with E-state index in [1.165, 1.54) is 13.0 Å². The van der Waals surface area contributed by atoms with Gasteiger partial charge in [-0.1, -0.05) is 0 Å². The third-order valence-corrected chi connectivity index (χ3v) is 8.90. The minimum atomic E-state index is -4.40. The van der Waals surface area contributed by atoms with Crippen LogP contribution in [0.15, 0.2) is 18.3 Å². The molecule has 7 nitrogen and oxygen atoms in total. The number of rotatable bonds is 5. The SMILES string of the molecule is CC(=O)OC12CC3CC(C1)C(NC(=O)C(C)(C)N1CCN(c4ccc(C(F)(F)F)cn4)CC1)C(C3)C2. The molecule has 0 aromatic carbocycles. The molecule has 5 fully saturated rings. The van der Waals surface area contributed by atoms with E-state index in [1.54, 1.807) is 0 Å². The molecule has 10 heteroatoms. The van der Waals surface area contributed by atoms with Gasteiger partial charge in [-0.2, -0.15) is 13.2 Å². The number of amides is 1. The molecule has 1 aromatic rings. The molecule has 2 heterocycles. The first kappa shape index (κ1) is 25.3. The molecule has 6 rings (SSSR count). The standard InChI is InChI=1S/C26H35F3N4O3/c1-16(34)36-25-12-17-10-18(13-25)22(19(11-17)14-25)31-23(35)24(2,3)33-8-6-32(7-9-33)21-5-4-20(15-30-21)26(27,28)29/h4-5,15,17-19,22H,6-14H2,1-3H3,(H,31,35). The summed E-state index contributed by atoms with van der Waals surface area (Å²) in [6.45, 7) is 7.73. The Balaban J connectivity index is 1.19. The number of halogens is 3. The molecule has 36 heavy (non-hydrogen) atoms. The second kappa shape index (κ2) is 8.89. The number of hydrogen-bond acceptors (Lipinski definition) is 6. The van der Waals surface area contributed by atoms with Crippen LogP contribution >= 0.6 is 0 Å². The molecule has 2 unspecified atom stereocenters. The van der Waals surface area contributed by atoms with Gasteiger partial charge in [0.05, 0.1) is 11.1 Å². The summed E-state index contributed by atoms with van der Waals surface area (Å²) in [5.74, 6) is 1.53. The van der Waals surface area contributed by atoms with Gasteiger partial charge in [-0.15, -0.1) is 0 Å². The van der Waals surface area contributed by atoms with Crippen molar-refractivity contribution in [1.29, 1.82) is 0 Å². The Bertz CT molecular complexity index is 989. The van der Waals surface area contributed by atoms with Crippen molar-refractivity contribution in [2.75, 3.05) is 31.1 Å². The third kappa shape index (κ3) is 4.68. The first-order valence-electron chi connectivity index (χ1n) is 12.9. The van der Waals surface area contributed by atoms with Crippen LogP contribution in [-0.2, 0) is 20.5 Å². The van der Waals surface area contributed by atoms with Gasteiger partial charge in [0.1, 0.15) is 11.4 Å². The summed E-state index contributed by atoms with van der Waals surface area (Å²) in [5.41, 5.74) is -1.82. The molecule has 0 radical (unpaired) electrons. The van der Waals surface area contributed by atoms with Crippen molar-refractivity contribution >= 4 is 17.7 Å². The van der Waals surface area contributed by atoms with Gasteiger partial charge in [-0.3, -0.25) is 14.5 Å². The Hall–Kier alpha value is -2.36. The van der Waals surface area contributed by atoms with Gasteiger partial charge in [-0.05, 0) is 75.8 Å². The lowest BCUT2D eigenvalue weighted by molar-refractivity contribution is -0.189. The molecular formula is C26H35F3N4O3. The van der Waals surface area contributed by atoms with Gasteiger partial charge in [0.2, 0.25) is 5.91 Å². The van der Waals surface area contributed by atoms with Crippen LogP contribution in [0.5, 0.6) is 0 Å². The topological polar surface area (TPSA) is 74.8 Å². The zero-order chi connectivity index (χ0) is 25.9. The van der Waals surface area contributed by atoms with Crippen molar-refractivity contribution < 1.29 is 27.5 Å². The van der Waals surface area contributed by atoms with Crippen LogP contribution < -0.4 is 10.2 Å². The van der Waals surface area contributed by atoms with Crippen LogP contribution in [0.3, 0.4) is 0 Å². The fraction of sp³-hybridized carbons (Fsp3) is 0.731. The number of carbonyl (C=O) groups is 2. The van der Waals surface area contributed by atoms with Crippen LogP contribution in [-0.4, -0.2) is 65.1 Å². The molecule has 2 atom stereocenters. The minimum absolute atomic E-state index is 0.00242. The first-order valence-corrected chi connectivity index (χ1v) is 12.9. The molecule has 1 aliphatic heterocycles. The lowest BCUT2D eigenvalue weighted by Gasteiger charge is -2.59. The van der Waals surface area contributed by atoms with Gasteiger partial charge in [-0.25, -0.2) is 4.98 Å². The Morgan fingerprint density at radius 1 is 1.06 bits per heavy atom. The second-order valence-corrected chi connectivity index (χ2v) is 11.7. The minimum Gasteiger partial charge on any atom is -0.459 e. The fourth-order valence-electron chi connectivity index (χ4n) is 7.32. The van der Waals surface area contributed by atoms with Crippen LogP contribution in [0, 0.1) is 17.8 Å². The van der Waals surface area contributed by atoms with Gasteiger partial charge >= 0.3 is 12.1 Å². The average molecular weight is 509 g/mol. The Morgan fingerprint density at radius 2 is 1.69 bits per heavy atom. The fourth-order valence-corrected chi connectivity index (χ4v) is 7.32. The smallest absolute Gasteiger partial charge is 0.417 e.